The zero-order chi connectivity index (χ0) is 14.8. The van der Waals surface area contributed by atoms with E-state index in [2.05, 4.69) is 5.32 Å². The van der Waals surface area contributed by atoms with E-state index in [1.165, 1.54) is 11.3 Å². The van der Waals surface area contributed by atoms with Crippen molar-refractivity contribution in [2.24, 2.45) is 0 Å². The average molecular weight is 336 g/mol. The first kappa shape index (κ1) is 17.3. The van der Waals surface area contributed by atoms with E-state index < -0.39 is 0 Å². The van der Waals surface area contributed by atoms with E-state index in [-0.39, 0.29) is 11.9 Å². The zero-order valence-corrected chi connectivity index (χ0v) is 13.7. The van der Waals surface area contributed by atoms with Crippen LogP contribution in [0.2, 0.25) is 4.34 Å². The molecule has 0 saturated carbocycles. The fraction of sp³-hybridized carbons (Fsp3) is 0.538. The maximum absolute atomic E-state index is 11.5. The first-order valence-corrected chi connectivity index (χ1v) is 8.71. The van der Waals surface area contributed by atoms with Crippen LogP contribution >= 0.6 is 34.7 Å². The Bertz CT molecular complexity index is 437. The summed E-state index contributed by atoms with van der Waals surface area (Å²) in [7, 11) is 0. The highest BCUT2D eigenvalue weighted by Crippen LogP contribution is 2.24. The molecule has 4 nitrogen and oxygen atoms in total. The Morgan fingerprint density at radius 1 is 1.45 bits per heavy atom. The van der Waals surface area contributed by atoms with Gasteiger partial charge in [0, 0.05) is 23.6 Å². The topological polar surface area (TPSA) is 55.4 Å². The van der Waals surface area contributed by atoms with Gasteiger partial charge in [0.2, 0.25) is 5.91 Å². The second-order valence-electron chi connectivity index (χ2n) is 3.96. The van der Waals surface area contributed by atoms with Gasteiger partial charge in [-0.3, -0.25) is 9.59 Å². The molecule has 0 radical (unpaired) electrons. The van der Waals surface area contributed by atoms with Crippen molar-refractivity contribution in [3.05, 3.63) is 21.3 Å². The van der Waals surface area contributed by atoms with Gasteiger partial charge in [-0.05, 0) is 25.5 Å². The van der Waals surface area contributed by atoms with Crippen molar-refractivity contribution in [2.45, 2.75) is 25.5 Å². The SMILES string of the molecule is CCOC(=O)CCCNC(=O)CSCc1ccc(Cl)s1. The minimum Gasteiger partial charge on any atom is -0.466 e. The third-order valence-electron chi connectivity index (χ3n) is 2.29. The molecule has 20 heavy (non-hydrogen) atoms. The number of ether oxygens (including phenoxy) is 1. The summed E-state index contributed by atoms with van der Waals surface area (Å²) in [6, 6.07) is 3.83. The van der Waals surface area contributed by atoms with Crippen molar-refractivity contribution in [3.8, 4) is 0 Å². The van der Waals surface area contributed by atoms with E-state index in [0.717, 1.165) is 15.0 Å². The Labute approximate surface area is 132 Å². The van der Waals surface area contributed by atoms with Crippen LogP contribution in [0.4, 0.5) is 0 Å². The van der Waals surface area contributed by atoms with Crippen molar-refractivity contribution in [2.75, 3.05) is 18.9 Å². The first-order valence-electron chi connectivity index (χ1n) is 6.36. The molecule has 1 aromatic heterocycles. The van der Waals surface area contributed by atoms with Crippen LogP contribution in [0, 0.1) is 0 Å². The molecule has 1 amide bonds. The molecule has 0 fully saturated rings. The van der Waals surface area contributed by atoms with Gasteiger partial charge in [-0.25, -0.2) is 0 Å². The predicted molar refractivity (Wildman–Crippen MR) is 84.4 cm³/mol. The van der Waals surface area contributed by atoms with Crippen LogP contribution in [0.25, 0.3) is 0 Å². The number of thioether (sulfide) groups is 1. The van der Waals surface area contributed by atoms with Gasteiger partial charge < -0.3 is 10.1 Å². The third-order valence-corrected chi connectivity index (χ3v) is 4.69. The standard InChI is InChI=1S/C13H18ClNO3S2/c1-2-18-13(17)4-3-7-15-12(16)9-19-8-10-5-6-11(14)20-10/h5-6H,2-4,7-9H2,1H3,(H,15,16). The van der Waals surface area contributed by atoms with Gasteiger partial charge in [-0.2, -0.15) is 0 Å². The Hall–Kier alpha value is -0.720. The predicted octanol–water partition coefficient (Wildman–Crippen LogP) is 3.09. The quantitative estimate of drug-likeness (QED) is 0.556. The number of esters is 1. The van der Waals surface area contributed by atoms with E-state index in [1.807, 2.05) is 12.1 Å². The fourth-order valence-corrected chi connectivity index (χ4v) is 3.47. The van der Waals surface area contributed by atoms with Crippen molar-refractivity contribution in [1.29, 1.82) is 0 Å². The third kappa shape index (κ3) is 7.77. The highest BCUT2D eigenvalue weighted by Gasteiger charge is 2.05. The summed E-state index contributed by atoms with van der Waals surface area (Å²) in [5, 5.41) is 2.78. The van der Waals surface area contributed by atoms with Gasteiger partial charge in [0.1, 0.15) is 0 Å². The zero-order valence-electron chi connectivity index (χ0n) is 11.3. The molecule has 1 aromatic rings. The molecule has 0 aliphatic rings. The van der Waals surface area contributed by atoms with Gasteiger partial charge >= 0.3 is 5.97 Å². The maximum atomic E-state index is 11.5. The number of thiophene rings is 1. The van der Waals surface area contributed by atoms with E-state index in [4.69, 9.17) is 16.3 Å². The molecule has 1 heterocycles. The summed E-state index contributed by atoms with van der Waals surface area (Å²) in [6.45, 7) is 2.68. The average Bonchev–Trinajstić information content (AvgIpc) is 2.81. The summed E-state index contributed by atoms with van der Waals surface area (Å²) in [5.74, 6) is 0.968. The van der Waals surface area contributed by atoms with E-state index in [0.29, 0.717) is 31.7 Å². The molecule has 112 valence electrons. The first-order chi connectivity index (χ1) is 9.61. The Morgan fingerprint density at radius 2 is 2.25 bits per heavy atom. The smallest absolute Gasteiger partial charge is 0.305 e. The molecular formula is C13H18ClNO3S2. The van der Waals surface area contributed by atoms with Gasteiger partial charge in [0.15, 0.2) is 0 Å². The highest BCUT2D eigenvalue weighted by molar-refractivity contribution is 7.99. The van der Waals surface area contributed by atoms with Crippen molar-refractivity contribution in [3.63, 3.8) is 0 Å². The normalized spacial score (nSPS) is 10.3. The summed E-state index contributed by atoms with van der Waals surface area (Å²) in [4.78, 5) is 23.8. The minimum absolute atomic E-state index is 0.0125. The molecule has 0 aliphatic carbocycles. The highest BCUT2D eigenvalue weighted by atomic mass is 35.5. The molecule has 1 rings (SSSR count). The largest absolute Gasteiger partial charge is 0.466 e. The lowest BCUT2D eigenvalue weighted by atomic mass is 10.3. The van der Waals surface area contributed by atoms with Crippen LogP contribution in [0.1, 0.15) is 24.6 Å². The molecule has 0 spiro atoms. The number of hydrogen-bond donors (Lipinski definition) is 1. The van der Waals surface area contributed by atoms with Crippen molar-refractivity contribution >= 4 is 46.6 Å². The molecular weight excluding hydrogens is 318 g/mol. The number of halogens is 1. The van der Waals surface area contributed by atoms with Crippen LogP contribution in [0.5, 0.6) is 0 Å². The van der Waals surface area contributed by atoms with Crippen molar-refractivity contribution < 1.29 is 14.3 Å². The van der Waals surface area contributed by atoms with Crippen LogP contribution < -0.4 is 5.32 Å². The molecule has 0 bridgehead atoms. The summed E-state index contributed by atoms with van der Waals surface area (Å²) < 4.78 is 5.57. The molecule has 0 atom stereocenters. The van der Waals surface area contributed by atoms with Gasteiger partial charge in [0.25, 0.3) is 0 Å². The van der Waals surface area contributed by atoms with Crippen molar-refractivity contribution in [1.82, 2.24) is 5.32 Å². The number of rotatable bonds is 9. The lowest BCUT2D eigenvalue weighted by molar-refractivity contribution is -0.143. The fourth-order valence-electron chi connectivity index (χ4n) is 1.42. The maximum Gasteiger partial charge on any atom is 0.305 e. The summed E-state index contributed by atoms with van der Waals surface area (Å²) >= 11 is 8.91. The Kier molecular flexibility index (Phi) is 8.73. The number of amides is 1. The van der Waals surface area contributed by atoms with E-state index >= 15 is 0 Å². The van der Waals surface area contributed by atoms with Crippen LogP contribution in [-0.2, 0) is 20.1 Å². The van der Waals surface area contributed by atoms with Crippen LogP contribution in [-0.4, -0.2) is 30.8 Å². The monoisotopic (exact) mass is 335 g/mol. The molecule has 0 aliphatic heterocycles. The lowest BCUT2D eigenvalue weighted by Gasteiger charge is -2.05. The second-order valence-corrected chi connectivity index (χ2v) is 6.74. The molecule has 0 unspecified atom stereocenters. The number of carbonyl (C=O) groups is 2. The lowest BCUT2D eigenvalue weighted by Crippen LogP contribution is -2.26. The minimum atomic E-state index is -0.217. The number of hydrogen-bond acceptors (Lipinski definition) is 5. The van der Waals surface area contributed by atoms with E-state index in [1.54, 1.807) is 18.7 Å². The summed E-state index contributed by atoms with van der Waals surface area (Å²) in [5.41, 5.74) is 0. The van der Waals surface area contributed by atoms with Gasteiger partial charge in [-0.15, -0.1) is 23.1 Å². The molecule has 7 heteroatoms. The number of carbonyl (C=O) groups excluding carboxylic acids is 2. The molecule has 1 N–H and O–H groups in total. The van der Waals surface area contributed by atoms with Gasteiger partial charge in [0.05, 0.1) is 16.7 Å². The van der Waals surface area contributed by atoms with Crippen LogP contribution in [0.15, 0.2) is 12.1 Å². The van der Waals surface area contributed by atoms with Crippen LogP contribution in [0.3, 0.4) is 0 Å². The van der Waals surface area contributed by atoms with E-state index in [9.17, 15) is 9.59 Å². The summed E-state index contributed by atoms with van der Waals surface area (Å²) in [6.07, 6.45) is 0.949. The molecule has 0 saturated heterocycles. The second kappa shape index (κ2) is 10.1. The molecule has 0 aromatic carbocycles. The number of nitrogens with one attached hydrogen (secondary N) is 1. The Balaban J connectivity index is 2.02. The Morgan fingerprint density at radius 3 is 2.90 bits per heavy atom. The van der Waals surface area contributed by atoms with Gasteiger partial charge in [-0.1, -0.05) is 11.6 Å².